The predicted octanol–water partition coefficient (Wildman–Crippen LogP) is 3.31. The molecule has 0 atom stereocenters. The number of para-hydroxylation sites is 1. The van der Waals surface area contributed by atoms with Crippen LogP contribution < -0.4 is 5.01 Å². The molecule has 20 heavy (non-hydrogen) atoms. The molecule has 0 heterocycles. The van der Waals surface area contributed by atoms with Gasteiger partial charge in [-0.3, -0.25) is 9.80 Å². The van der Waals surface area contributed by atoms with E-state index in [1.807, 2.05) is 44.2 Å². The fourth-order valence-corrected chi connectivity index (χ4v) is 2.30. The summed E-state index contributed by atoms with van der Waals surface area (Å²) in [6.45, 7) is 3.95. The van der Waals surface area contributed by atoms with Crippen LogP contribution in [0.2, 0.25) is 0 Å². The highest BCUT2D eigenvalue weighted by Crippen LogP contribution is 2.35. The van der Waals surface area contributed by atoms with Crippen molar-refractivity contribution in [1.29, 1.82) is 0 Å². The van der Waals surface area contributed by atoms with Gasteiger partial charge in [-0.25, -0.2) is 0 Å². The molecule has 0 aromatic heterocycles. The number of benzene rings is 1. The van der Waals surface area contributed by atoms with Crippen LogP contribution in [0.3, 0.4) is 0 Å². The van der Waals surface area contributed by atoms with Gasteiger partial charge in [-0.1, -0.05) is 32.0 Å². The Morgan fingerprint density at radius 1 is 1.25 bits per heavy atom. The molecule has 4 heteroatoms. The standard InChI is InChI=1S/C16H20N2O2/c1-16(2)9-14(19)13(15(20)10-16)11-17-18(3)12-7-5-4-6-8-12/h4-8,11,19H,9-10H2,1-3H3/b17-11+. The second-order valence-corrected chi connectivity index (χ2v) is 5.91. The first-order valence-electron chi connectivity index (χ1n) is 6.67. The van der Waals surface area contributed by atoms with Gasteiger partial charge in [0, 0.05) is 19.9 Å². The maximum atomic E-state index is 12.0. The van der Waals surface area contributed by atoms with Crippen LogP contribution in [-0.4, -0.2) is 24.2 Å². The molecule has 1 aromatic rings. The number of anilines is 1. The van der Waals surface area contributed by atoms with Crippen LogP contribution >= 0.6 is 0 Å². The number of ketones is 1. The summed E-state index contributed by atoms with van der Waals surface area (Å²) in [4.78, 5) is 12.0. The molecule has 4 nitrogen and oxygen atoms in total. The first-order chi connectivity index (χ1) is 9.39. The summed E-state index contributed by atoms with van der Waals surface area (Å²) >= 11 is 0. The van der Waals surface area contributed by atoms with E-state index in [0.29, 0.717) is 18.4 Å². The third-order valence-corrected chi connectivity index (χ3v) is 3.39. The predicted molar refractivity (Wildman–Crippen MR) is 81.0 cm³/mol. The Kier molecular flexibility index (Phi) is 3.93. The minimum Gasteiger partial charge on any atom is -0.511 e. The number of hydrogen-bond donors (Lipinski definition) is 1. The topological polar surface area (TPSA) is 52.9 Å². The van der Waals surface area contributed by atoms with Crippen LogP contribution in [-0.2, 0) is 4.79 Å². The van der Waals surface area contributed by atoms with E-state index in [1.165, 1.54) is 6.21 Å². The highest BCUT2D eigenvalue weighted by molar-refractivity contribution is 6.14. The van der Waals surface area contributed by atoms with Gasteiger partial charge in [0.2, 0.25) is 0 Å². The fraction of sp³-hybridized carbons (Fsp3) is 0.375. The molecule has 0 fully saturated rings. The first-order valence-corrected chi connectivity index (χ1v) is 6.67. The highest BCUT2D eigenvalue weighted by Gasteiger charge is 2.32. The molecule has 0 spiro atoms. The minimum absolute atomic E-state index is 0.0519. The molecule has 1 aromatic carbocycles. The monoisotopic (exact) mass is 272 g/mol. The van der Waals surface area contributed by atoms with Crippen molar-refractivity contribution in [2.45, 2.75) is 26.7 Å². The Labute approximate surface area is 119 Å². The maximum Gasteiger partial charge on any atom is 0.168 e. The Morgan fingerprint density at radius 2 is 1.90 bits per heavy atom. The van der Waals surface area contributed by atoms with Crippen molar-refractivity contribution in [2.24, 2.45) is 10.5 Å². The molecule has 0 saturated carbocycles. The molecular formula is C16H20N2O2. The number of carbonyl (C=O) groups excluding carboxylic acids is 1. The van der Waals surface area contributed by atoms with E-state index in [9.17, 15) is 9.90 Å². The van der Waals surface area contributed by atoms with E-state index in [-0.39, 0.29) is 17.0 Å². The van der Waals surface area contributed by atoms with E-state index in [0.717, 1.165) is 5.69 Å². The van der Waals surface area contributed by atoms with Gasteiger partial charge in [0.25, 0.3) is 0 Å². The molecular weight excluding hydrogens is 252 g/mol. The number of hydrogen-bond acceptors (Lipinski definition) is 4. The number of allylic oxidation sites excluding steroid dienone is 2. The van der Waals surface area contributed by atoms with Crippen molar-refractivity contribution in [3.63, 3.8) is 0 Å². The summed E-state index contributed by atoms with van der Waals surface area (Å²) in [6.07, 6.45) is 2.41. The van der Waals surface area contributed by atoms with E-state index >= 15 is 0 Å². The van der Waals surface area contributed by atoms with Gasteiger partial charge in [-0.2, -0.15) is 5.10 Å². The van der Waals surface area contributed by atoms with E-state index < -0.39 is 0 Å². The lowest BCUT2D eigenvalue weighted by Gasteiger charge is -2.28. The smallest absolute Gasteiger partial charge is 0.168 e. The second kappa shape index (κ2) is 5.49. The molecule has 0 radical (unpaired) electrons. The molecule has 1 N–H and O–H groups in total. The average Bonchev–Trinajstić information content (AvgIpc) is 2.37. The Bertz CT molecular complexity index is 559. The Hall–Kier alpha value is -2.10. The fourth-order valence-electron chi connectivity index (χ4n) is 2.30. The summed E-state index contributed by atoms with van der Waals surface area (Å²) in [7, 11) is 1.81. The quantitative estimate of drug-likeness (QED) is 0.678. The van der Waals surface area contributed by atoms with Gasteiger partial charge < -0.3 is 5.11 Å². The van der Waals surface area contributed by atoms with Gasteiger partial charge >= 0.3 is 0 Å². The SMILES string of the molecule is CN(/N=C/C1=C(O)CC(C)(C)CC1=O)c1ccccc1. The van der Waals surface area contributed by atoms with E-state index in [4.69, 9.17) is 0 Å². The Balaban J connectivity index is 2.17. The molecule has 0 bridgehead atoms. The van der Waals surface area contributed by atoms with Crippen LogP contribution in [0.5, 0.6) is 0 Å². The zero-order chi connectivity index (χ0) is 14.8. The first kappa shape index (κ1) is 14.3. The summed E-state index contributed by atoms with van der Waals surface area (Å²) < 4.78 is 0. The van der Waals surface area contributed by atoms with E-state index in [2.05, 4.69) is 5.10 Å². The molecule has 2 rings (SSSR count). The number of hydrazone groups is 1. The van der Waals surface area contributed by atoms with Gasteiger partial charge in [0.05, 0.1) is 17.5 Å². The minimum atomic E-state index is -0.177. The summed E-state index contributed by atoms with van der Waals surface area (Å²) in [5.74, 6) is 0.0837. The van der Waals surface area contributed by atoms with Crippen LogP contribution in [0.1, 0.15) is 26.7 Å². The number of aliphatic hydroxyl groups is 1. The lowest BCUT2D eigenvalue weighted by atomic mass is 9.77. The average molecular weight is 272 g/mol. The zero-order valence-corrected chi connectivity index (χ0v) is 12.1. The third kappa shape index (κ3) is 3.26. The van der Waals surface area contributed by atoms with Crippen LogP contribution in [0.25, 0.3) is 0 Å². The van der Waals surface area contributed by atoms with E-state index in [1.54, 1.807) is 12.1 Å². The molecule has 0 unspecified atom stereocenters. The number of carbonyl (C=O) groups is 1. The number of aliphatic hydroxyl groups excluding tert-OH is 1. The third-order valence-electron chi connectivity index (χ3n) is 3.39. The number of nitrogens with zero attached hydrogens (tertiary/aromatic N) is 2. The van der Waals surface area contributed by atoms with Crippen molar-refractivity contribution in [3.8, 4) is 0 Å². The summed E-state index contributed by atoms with van der Waals surface area (Å²) in [6, 6.07) is 9.63. The number of Topliss-reactive ketones (excluding diaryl/α,β-unsaturated/α-hetero) is 1. The van der Waals surface area contributed by atoms with Crippen molar-refractivity contribution in [2.75, 3.05) is 12.1 Å². The lowest BCUT2D eigenvalue weighted by Crippen LogP contribution is -2.26. The van der Waals surface area contributed by atoms with Crippen molar-refractivity contribution in [1.82, 2.24) is 0 Å². The van der Waals surface area contributed by atoms with Crippen molar-refractivity contribution < 1.29 is 9.90 Å². The molecule has 1 aliphatic rings. The van der Waals surface area contributed by atoms with Gasteiger partial charge in [0.1, 0.15) is 5.76 Å². The molecule has 0 amide bonds. The molecule has 1 aliphatic carbocycles. The molecule has 106 valence electrons. The van der Waals surface area contributed by atoms with Gasteiger partial charge in [-0.15, -0.1) is 0 Å². The Morgan fingerprint density at radius 3 is 2.50 bits per heavy atom. The normalized spacial score (nSPS) is 18.6. The zero-order valence-electron chi connectivity index (χ0n) is 12.1. The van der Waals surface area contributed by atoms with Crippen LogP contribution in [0.4, 0.5) is 5.69 Å². The van der Waals surface area contributed by atoms with Crippen LogP contribution in [0.15, 0.2) is 46.8 Å². The summed E-state index contributed by atoms with van der Waals surface area (Å²) in [5, 5.41) is 15.9. The van der Waals surface area contributed by atoms with Gasteiger partial charge in [0.15, 0.2) is 5.78 Å². The number of rotatable bonds is 3. The summed E-state index contributed by atoms with van der Waals surface area (Å²) in [5.41, 5.74) is 1.07. The van der Waals surface area contributed by atoms with Crippen molar-refractivity contribution in [3.05, 3.63) is 41.7 Å². The molecule has 0 saturated heterocycles. The second-order valence-electron chi connectivity index (χ2n) is 5.91. The molecule has 0 aliphatic heterocycles. The van der Waals surface area contributed by atoms with Gasteiger partial charge in [-0.05, 0) is 17.5 Å². The van der Waals surface area contributed by atoms with Crippen LogP contribution in [0, 0.1) is 5.41 Å². The lowest BCUT2D eigenvalue weighted by molar-refractivity contribution is -0.117. The highest BCUT2D eigenvalue weighted by atomic mass is 16.3. The largest absolute Gasteiger partial charge is 0.511 e. The maximum absolute atomic E-state index is 12.0. The van der Waals surface area contributed by atoms with Crippen molar-refractivity contribution >= 4 is 17.7 Å².